The molecule has 0 fully saturated rings. The average molecular weight is 463 g/mol. The van der Waals surface area contributed by atoms with Crippen molar-refractivity contribution < 1.29 is 4.39 Å². The highest BCUT2D eigenvalue weighted by atomic mass is 19.1. The van der Waals surface area contributed by atoms with Crippen LogP contribution in [0.5, 0.6) is 0 Å². The number of rotatable bonds is 3. The van der Waals surface area contributed by atoms with Gasteiger partial charge in [0, 0.05) is 53.5 Å². The van der Waals surface area contributed by atoms with Gasteiger partial charge in [-0.15, -0.1) is 5.92 Å². The van der Waals surface area contributed by atoms with E-state index in [-0.39, 0.29) is 17.0 Å². The SMILES string of the molecule is CC#Cc1cncc(-c2cccc([C@@]3(c4cc(C)c(=O)n(C)c4)N=C(N)c4c(F)cccc43)c2)c1. The minimum absolute atomic E-state index is 0.105. The van der Waals surface area contributed by atoms with Crippen LogP contribution in [0.1, 0.15) is 40.3 Å². The second kappa shape index (κ2) is 8.37. The Hall–Kier alpha value is -4.50. The molecule has 1 atom stereocenters. The van der Waals surface area contributed by atoms with Gasteiger partial charge in [0.25, 0.3) is 5.56 Å². The van der Waals surface area contributed by atoms with Crippen molar-refractivity contribution in [2.75, 3.05) is 0 Å². The Bertz CT molecular complexity index is 1610. The van der Waals surface area contributed by atoms with Gasteiger partial charge in [0.05, 0.1) is 5.56 Å². The van der Waals surface area contributed by atoms with Gasteiger partial charge in [-0.1, -0.05) is 36.3 Å². The summed E-state index contributed by atoms with van der Waals surface area (Å²) in [6.45, 7) is 3.54. The van der Waals surface area contributed by atoms with Crippen LogP contribution >= 0.6 is 0 Å². The van der Waals surface area contributed by atoms with Gasteiger partial charge in [0.1, 0.15) is 17.2 Å². The lowest BCUT2D eigenvalue weighted by Crippen LogP contribution is -2.29. The van der Waals surface area contributed by atoms with Crippen LogP contribution in [0.4, 0.5) is 4.39 Å². The zero-order chi connectivity index (χ0) is 24.7. The fraction of sp³-hybridized carbons (Fsp3) is 0.138. The number of aromatic nitrogens is 2. The Morgan fingerprint density at radius 1 is 1.03 bits per heavy atom. The molecule has 4 aromatic rings. The maximum atomic E-state index is 15.0. The number of aliphatic imine (C=N–C) groups is 1. The number of fused-ring (bicyclic) bond motifs is 1. The number of hydrogen-bond acceptors (Lipinski definition) is 4. The first-order chi connectivity index (χ1) is 16.8. The molecule has 0 spiro atoms. The molecule has 0 bridgehead atoms. The minimum atomic E-state index is -1.12. The van der Waals surface area contributed by atoms with Crippen molar-refractivity contribution in [3.63, 3.8) is 0 Å². The van der Waals surface area contributed by atoms with E-state index in [1.54, 1.807) is 45.6 Å². The Morgan fingerprint density at radius 2 is 1.83 bits per heavy atom. The van der Waals surface area contributed by atoms with Crippen LogP contribution in [-0.2, 0) is 12.6 Å². The molecule has 35 heavy (non-hydrogen) atoms. The first-order valence-electron chi connectivity index (χ1n) is 11.2. The minimum Gasteiger partial charge on any atom is -0.383 e. The summed E-state index contributed by atoms with van der Waals surface area (Å²) < 4.78 is 16.5. The van der Waals surface area contributed by atoms with E-state index in [0.717, 1.165) is 27.8 Å². The maximum absolute atomic E-state index is 15.0. The highest BCUT2D eigenvalue weighted by Crippen LogP contribution is 2.47. The van der Waals surface area contributed by atoms with Gasteiger partial charge in [-0.05, 0) is 49.2 Å². The monoisotopic (exact) mass is 462 g/mol. The summed E-state index contributed by atoms with van der Waals surface area (Å²) in [6.07, 6.45) is 5.25. The highest BCUT2D eigenvalue weighted by molar-refractivity contribution is 6.03. The first-order valence-corrected chi connectivity index (χ1v) is 11.2. The topological polar surface area (TPSA) is 73.3 Å². The van der Waals surface area contributed by atoms with Crippen molar-refractivity contribution in [1.29, 1.82) is 0 Å². The molecule has 0 aliphatic carbocycles. The summed E-state index contributed by atoms with van der Waals surface area (Å²) in [7, 11) is 1.70. The van der Waals surface area contributed by atoms with Gasteiger partial charge in [-0.2, -0.15) is 0 Å². The molecule has 0 unspecified atom stereocenters. The second-order valence-electron chi connectivity index (χ2n) is 8.62. The lowest BCUT2D eigenvalue weighted by atomic mass is 9.77. The molecule has 0 saturated heterocycles. The van der Waals surface area contributed by atoms with Crippen LogP contribution < -0.4 is 11.3 Å². The summed E-state index contributed by atoms with van der Waals surface area (Å²) in [5.41, 5.74) is 10.7. The molecule has 2 aromatic heterocycles. The molecule has 3 heterocycles. The molecule has 0 radical (unpaired) electrons. The lowest BCUT2D eigenvalue weighted by molar-refractivity contribution is 0.613. The van der Waals surface area contributed by atoms with Crippen LogP contribution in [0.25, 0.3) is 11.1 Å². The molecule has 1 aliphatic heterocycles. The summed E-state index contributed by atoms with van der Waals surface area (Å²) in [6, 6.07) is 16.5. The molecule has 5 nitrogen and oxygen atoms in total. The Kier molecular flexibility index (Phi) is 5.33. The van der Waals surface area contributed by atoms with Gasteiger partial charge >= 0.3 is 0 Å². The van der Waals surface area contributed by atoms with Gasteiger partial charge in [-0.25, -0.2) is 9.38 Å². The van der Waals surface area contributed by atoms with Crippen molar-refractivity contribution in [2.45, 2.75) is 19.4 Å². The summed E-state index contributed by atoms with van der Waals surface area (Å²) in [4.78, 5) is 21.7. The third-order valence-electron chi connectivity index (χ3n) is 6.35. The molecule has 0 amide bonds. The van der Waals surface area contributed by atoms with E-state index in [2.05, 4.69) is 16.8 Å². The number of aryl methyl sites for hydroxylation is 2. The van der Waals surface area contributed by atoms with E-state index >= 15 is 0 Å². The number of pyridine rings is 2. The molecular formula is C29H23FN4O. The Morgan fingerprint density at radius 3 is 2.60 bits per heavy atom. The number of benzene rings is 2. The Labute approximate surface area is 202 Å². The van der Waals surface area contributed by atoms with Crippen LogP contribution in [0.15, 0.2) is 83.0 Å². The molecule has 1 aliphatic rings. The molecule has 5 rings (SSSR count). The van der Waals surface area contributed by atoms with Gasteiger partial charge in [0.15, 0.2) is 0 Å². The number of halogens is 1. The van der Waals surface area contributed by atoms with Crippen molar-refractivity contribution >= 4 is 5.84 Å². The largest absolute Gasteiger partial charge is 0.383 e. The number of amidine groups is 1. The summed E-state index contributed by atoms with van der Waals surface area (Å²) in [5, 5.41) is 0. The van der Waals surface area contributed by atoms with Gasteiger partial charge < -0.3 is 10.3 Å². The second-order valence-corrected chi connectivity index (χ2v) is 8.62. The van der Waals surface area contributed by atoms with Gasteiger partial charge in [0.2, 0.25) is 0 Å². The normalized spacial score (nSPS) is 16.3. The third-order valence-corrected chi connectivity index (χ3v) is 6.35. The molecular weight excluding hydrogens is 439 g/mol. The van der Waals surface area contributed by atoms with E-state index in [4.69, 9.17) is 10.7 Å². The molecule has 0 saturated carbocycles. The van der Waals surface area contributed by atoms with E-state index in [9.17, 15) is 9.18 Å². The van der Waals surface area contributed by atoms with E-state index in [1.165, 1.54) is 10.6 Å². The average Bonchev–Trinajstić information content (AvgIpc) is 3.17. The molecule has 2 N–H and O–H groups in total. The van der Waals surface area contributed by atoms with Crippen LogP contribution in [0, 0.1) is 24.6 Å². The fourth-order valence-corrected chi connectivity index (χ4v) is 4.80. The van der Waals surface area contributed by atoms with Crippen molar-refractivity contribution in [3.05, 3.63) is 123 Å². The fourth-order valence-electron chi connectivity index (χ4n) is 4.80. The Balaban J connectivity index is 1.81. The number of nitrogens with zero attached hydrogens (tertiary/aromatic N) is 3. The van der Waals surface area contributed by atoms with E-state index < -0.39 is 11.4 Å². The highest BCUT2D eigenvalue weighted by Gasteiger charge is 2.44. The zero-order valence-electron chi connectivity index (χ0n) is 19.6. The van der Waals surface area contributed by atoms with E-state index in [1.807, 2.05) is 42.5 Å². The van der Waals surface area contributed by atoms with Crippen molar-refractivity contribution in [2.24, 2.45) is 17.8 Å². The summed E-state index contributed by atoms with van der Waals surface area (Å²) >= 11 is 0. The molecule has 172 valence electrons. The lowest BCUT2D eigenvalue weighted by Gasteiger charge is -2.30. The predicted molar refractivity (Wildman–Crippen MR) is 136 cm³/mol. The predicted octanol–water partition coefficient (Wildman–Crippen LogP) is 4.28. The van der Waals surface area contributed by atoms with Crippen molar-refractivity contribution in [3.8, 4) is 23.0 Å². The standard InChI is InChI=1S/C29H23FN4O/c1-4-7-19-13-21(16-32-15-19)20-8-5-9-22(14-20)29(23-12-18(2)28(35)34(3)17-23)24-10-6-11-25(30)26(24)27(31)33-29/h5-6,8-17H,1-3H3,(H2,31,33)/t29-/m0/s1. The summed E-state index contributed by atoms with van der Waals surface area (Å²) in [5.74, 6) is 5.63. The molecule has 2 aromatic carbocycles. The van der Waals surface area contributed by atoms with Gasteiger partial charge in [-0.3, -0.25) is 9.78 Å². The number of nitrogens with two attached hydrogens (primary N) is 1. The first kappa shape index (κ1) is 22.3. The van der Waals surface area contributed by atoms with Crippen molar-refractivity contribution in [1.82, 2.24) is 9.55 Å². The molecule has 6 heteroatoms. The number of hydrogen-bond donors (Lipinski definition) is 1. The van der Waals surface area contributed by atoms with Crippen LogP contribution in [0.2, 0.25) is 0 Å². The quantitative estimate of drug-likeness (QED) is 0.462. The zero-order valence-corrected chi connectivity index (χ0v) is 19.6. The smallest absolute Gasteiger partial charge is 0.253 e. The van der Waals surface area contributed by atoms with E-state index in [0.29, 0.717) is 11.1 Å². The third kappa shape index (κ3) is 3.53. The maximum Gasteiger partial charge on any atom is 0.253 e. The van der Waals surface area contributed by atoms with Crippen LogP contribution in [-0.4, -0.2) is 15.4 Å². The van der Waals surface area contributed by atoms with Crippen LogP contribution in [0.3, 0.4) is 0 Å².